The molecule has 8 nitrogen and oxygen atoms in total. The first kappa shape index (κ1) is 21.9. The van der Waals surface area contributed by atoms with Crippen LogP contribution >= 0.6 is 12.2 Å². The number of hydrogen-bond acceptors (Lipinski definition) is 7. The second-order valence-electron chi connectivity index (χ2n) is 6.18. The molecule has 31 heavy (non-hydrogen) atoms. The molecule has 0 bridgehead atoms. The molecular weight excluding hydrogens is 427 g/mol. The number of para-hydroxylation sites is 1. The molecule has 1 heterocycles. The Morgan fingerprint density at radius 2 is 1.90 bits per heavy atom. The summed E-state index contributed by atoms with van der Waals surface area (Å²) in [5.74, 6) is -2.19. The van der Waals surface area contributed by atoms with Gasteiger partial charge in [-0.2, -0.15) is 0 Å². The molecule has 0 aromatic heterocycles. The maximum absolute atomic E-state index is 14.2. The van der Waals surface area contributed by atoms with Crippen LogP contribution in [0.5, 0.6) is 11.5 Å². The largest absolute Gasteiger partial charge is 0.493 e. The molecule has 3 rings (SSSR count). The van der Waals surface area contributed by atoms with Gasteiger partial charge in [-0.25, -0.2) is 14.1 Å². The van der Waals surface area contributed by atoms with Gasteiger partial charge in [0.2, 0.25) is 0 Å². The topological polar surface area (TPSA) is 94.2 Å². The van der Waals surface area contributed by atoms with E-state index in [1.165, 1.54) is 50.6 Å². The zero-order valence-electron chi connectivity index (χ0n) is 16.5. The van der Waals surface area contributed by atoms with E-state index in [2.05, 4.69) is 10.1 Å². The SMILES string of the molecule is COC(=O)COc1ccc(C=C2C(=O)NC(=S)N(c3ccccc3F)C2=O)cc1OC. The maximum Gasteiger partial charge on any atom is 0.343 e. The van der Waals surface area contributed by atoms with Crippen LogP contribution in [0.25, 0.3) is 6.08 Å². The highest BCUT2D eigenvalue weighted by atomic mass is 32.1. The lowest BCUT2D eigenvalue weighted by molar-refractivity contribution is -0.143. The molecule has 1 aliphatic heterocycles. The van der Waals surface area contributed by atoms with Crippen molar-refractivity contribution >= 4 is 46.9 Å². The summed E-state index contributed by atoms with van der Waals surface area (Å²) in [4.78, 5) is 37.6. The third-order valence-corrected chi connectivity index (χ3v) is 4.55. The number of ether oxygens (including phenoxy) is 3. The number of carbonyl (C=O) groups is 3. The smallest absolute Gasteiger partial charge is 0.343 e. The second-order valence-corrected chi connectivity index (χ2v) is 6.57. The van der Waals surface area contributed by atoms with E-state index in [9.17, 15) is 18.8 Å². The standard InChI is InChI=1S/C21H17FN2O6S/c1-28-17-10-12(7-8-16(17)30-11-18(25)29-2)9-13-19(26)23-21(31)24(20(13)27)15-6-4-3-5-14(15)22/h3-10H,11H2,1-2H3,(H,23,26,31). The highest BCUT2D eigenvalue weighted by molar-refractivity contribution is 7.80. The molecule has 1 N–H and O–H groups in total. The van der Waals surface area contributed by atoms with Crippen LogP contribution < -0.4 is 19.7 Å². The van der Waals surface area contributed by atoms with Crippen molar-refractivity contribution < 1.29 is 33.0 Å². The number of nitrogens with one attached hydrogen (secondary N) is 1. The van der Waals surface area contributed by atoms with Crippen LogP contribution in [-0.2, 0) is 19.1 Å². The molecular formula is C21H17FN2O6S. The normalized spacial score (nSPS) is 15.0. The van der Waals surface area contributed by atoms with Crippen molar-refractivity contribution in [2.45, 2.75) is 0 Å². The fourth-order valence-electron chi connectivity index (χ4n) is 2.76. The number of amides is 2. The summed E-state index contributed by atoms with van der Waals surface area (Å²) in [5.41, 5.74) is 0.108. The molecule has 0 aliphatic carbocycles. The number of hydrogen-bond donors (Lipinski definition) is 1. The van der Waals surface area contributed by atoms with E-state index in [1.807, 2.05) is 0 Å². The van der Waals surface area contributed by atoms with Crippen LogP contribution in [0.3, 0.4) is 0 Å². The summed E-state index contributed by atoms with van der Waals surface area (Å²) in [5, 5.41) is 2.17. The Morgan fingerprint density at radius 3 is 2.58 bits per heavy atom. The average molecular weight is 444 g/mol. The number of halogens is 1. The highest BCUT2D eigenvalue weighted by Gasteiger charge is 2.35. The Morgan fingerprint density at radius 1 is 1.16 bits per heavy atom. The van der Waals surface area contributed by atoms with Crippen molar-refractivity contribution in [1.82, 2.24) is 5.32 Å². The molecule has 1 fully saturated rings. The number of nitrogens with zero attached hydrogens (tertiary/aromatic N) is 1. The second kappa shape index (κ2) is 9.35. The first-order chi connectivity index (χ1) is 14.8. The number of methoxy groups -OCH3 is 2. The summed E-state index contributed by atoms with van der Waals surface area (Å²) in [7, 11) is 2.63. The van der Waals surface area contributed by atoms with E-state index in [0.717, 1.165) is 4.90 Å². The number of rotatable bonds is 6. The van der Waals surface area contributed by atoms with Crippen molar-refractivity contribution in [3.05, 3.63) is 59.4 Å². The van der Waals surface area contributed by atoms with E-state index in [-0.39, 0.29) is 34.5 Å². The first-order valence-corrected chi connectivity index (χ1v) is 9.30. The molecule has 2 aromatic carbocycles. The average Bonchev–Trinajstić information content (AvgIpc) is 2.76. The van der Waals surface area contributed by atoms with Crippen molar-refractivity contribution in [1.29, 1.82) is 0 Å². The van der Waals surface area contributed by atoms with Gasteiger partial charge in [-0.15, -0.1) is 0 Å². The van der Waals surface area contributed by atoms with E-state index < -0.39 is 23.6 Å². The first-order valence-electron chi connectivity index (χ1n) is 8.89. The van der Waals surface area contributed by atoms with Crippen molar-refractivity contribution in [2.24, 2.45) is 0 Å². The minimum absolute atomic E-state index is 0.0764. The van der Waals surface area contributed by atoms with Gasteiger partial charge in [0, 0.05) is 0 Å². The molecule has 10 heteroatoms. The number of anilines is 1. The number of esters is 1. The summed E-state index contributed by atoms with van der Waals surface area (Å²) >= 11 is 5.06. The van der Waals surface area contributed by atoms with E-state index >= 15 is 0 Å². The lowest BCUT2D eigenvalue weighted by atomic mass is 10.1. The van der Waals surface area contributed by atoms with Crippen molar-refractivity contribution in [2.75, 3.05) is 25.7 Å². The molecule has 0 saturated carbocycles. The zero-order valence-corrected chi connectivity index (χ0v) is 17.3. The van der Waals surface area contributed by atoms with Crippen LogP contribution in [-0.4, -0.2) is 43.7 Å². The molecule has 2 aromatic rings. The van der Waals surface area contributed by atoms with Gasteiger partial charge in [0.25, 0.3) is 11.8 Å². The number of benzene rings is 2. The van der Waals surface area contributed by atoms with Gasteiger partial charge in [0.05, 0.1) is 19.9 Å². The quantitative estimate of drug-likeness (QED) is 0.316. The predicted molar refractivity (Wildman–Crippen MR) is 113 cm³/mol. The Hall–Kier alpha value is -3.79. The molecule has 2 amide bonds. The Kier molecular flexibility index (Phi) is 6.61. The van der Waals surface area contributed by atoms with Gasteiger partial charge in [0.15, 0.2) is 23.2 Å². The molecule has 0 radical (unpaired) electrons. The minimum Gasteiger partial charge on any atom is -0.493 e. The number of thiocarbonyl (C=S) groups is 1. The van der Waals surface area contributed by atoms with Gasteiger partial charge in [-0.3, -0.25) is 14.9 Å². The molecule has 1 aliphatic rings. The summed E-state index contributed by atoms with van der Waals surface area (Å²) in [6.07, 6.45) is 1.32. The molecule has 0 unspecified atom stereocenters. The van der Waals surface area contributed by atoms with E-state index in [1.54, 1.807) is 12.1 Å². The van der Waals surface area contributed by atoms with Crippen LogP contribution in [0.15, 0.2) is 48.0 Å². The van der Waals surface area contributed by atoms with Gasteiger partial charge in [0.1, 0.15) is 11.4 Å². The van der Waals surface area contributed by atoms with Gasteiger partial charge >= 0.3 is 5.97 Å². The van der Waals surface area contributed by atoms with Gasteiger partial charge in [-0.1, -0.05) is 18.2 Å². The highest BCUT2D eigenvalue weighted by Crippen LogP contribution is 2.30. The fraction of sp³-hybridized carbons (Fsp3) is 0.143. The predicted octanol–water partition coefficient (Wildman–Crippen LogP) is 2.22. The van der Waals surface area contributed by atoms with Gasteiger partial charge < -0.3 is 14.2 Å². The maximum atomic E-state index is 14.2. The van der Waals surface area contributed by atoms with Crippen LogP contribution in [0.4, 0.5) is 10.1 Å². The van der Waals surface area contributed by atoms with E-state index in [0.29, 0.717) is 5.56 Å². The monoisotopic (exact) mass is 444 g/mol. The zero-order chi connectivity index (χ0) is 22.5. The summed E-state index contributed by atoms with van der Waals surface area (Å²) in [6.45, 7) is -0.316. The van der Waals surface area contributed by atoms with Crippen LogP contribution in [0.1, 0.15) is 5.56 Å². The molecule has 1 saturated heterocycles. The fourth-order valence-corrected chi connectivity index (χ4v) is 3.04. The lowest BCUT2D eigenvalue weighted by Gasteiger charge is -2.29. The Balaban J connectivity index is 1.93. The van der Waals surface area contributed by atoms with Crippen LogP contribution in [0, 0.1) is 5.82 Å². The minimum atomic E-state index is -0.774. The Bertz CT molecular complexity index is 1100. The van der Waals surface area contributed by atoms with Gasteiger partial charge in [-0.05, 0) is 48.1 Å². The third-order valence-electron chi connectivity index (χ3n) is 4.27. The summed E-state index contributed by atoms with van der Waals surface area (Å²) in [6, 6.07) is 10.2. The molecule has 0 spiro atoms. The molecule has 160 valence electrons. The van der Waals surface area contributed by atoms with Crippen molar-refractivity contribution in [3.8, 4) is 11.5 Å². The Labute approximate surface area is 182 Å². The van der Waals surface area contributed by atoms with Crippen LogP contribution in [0.2, 0.25) is 0 Å². The van der Waals surface area contributed by atoms with Crippen molar-refractivity contribution in [3.63, 3.8) is 0 Å². The summed E-state index contributed by atoms with van der Waals surface area (Å²) < 4.78 is 29.3. The third kappa shape index (κ3) is 4.69. The molecule has 0 atom stereocenters. The number of carbonyl (C=O) groups excluding carboxylic acids is 3. The van der Waals surface area contributed by atoms with E-state index in [4.69, 9.17) is 21.7 Å². The lowest BCUT2D eigenvalue weighted by Crippen LogP contribution is -2.54.